The van der Waals surface area contributed by atoms with E-state index in [1.54, 1.807) is 0 Å². The third-order valence-corrected chi connectivity index (χ3v) is 5.97. The summed E-state index contributed by atoms with van der Waals surface area (Å²) in [5, 5.41) is 31.0. The van der Waals surface area contributed by atoms with E-state index < -0.39 is 43.4 Å². The van der Waals surface area contributed by atoms with Gasteiger partial charge in [0, 0.05) is 0 Å². The molecule has 35 heavy (non-hydrogen) atoms. The lowest BCUT2D eigenvalue weighted by molar-refractivity contribution is -0.325. The van der Waals surface area contributed by atoms with E-state index in [2.05, 4.69) is 0 Å². The van der Waals surface area contributed by atoms with Crippen LogP contribution in [0, 0.1) is 0 Å². The third-order valence-electron chi connectivity index (χ3n) is 5.97. The van der Waals surface area contributed by atoms with Crippen molar-refractivity contribution in [3.05, 3.63) is 108 Å². The molecule has 1 saturated heterocycles. The van der Waals surface area contributed by atoms with Gasteiger partial charge in [-0.1, -0.05) is 91.0 Å². The molecule has 3 aromatic carbocycles. The summed E-state index contributed by atoms with van der Waals surface area (Å²) in [6, 6.07) is 28.8. The summed E-state index contributed by atoms with van der Waals surface area (Å²) in [6.07, 6.45) is -6.16. The smallest absolute Gasteiger partial charge is 0.184 e. The number of aliphatic hydroxyl groups is 3. The van der Waals surface area contributed by atoms with Crippen molar-refractivity contribution < 1.29 is 34.3 Å². The molecule has 0 aliphatic carbocycles. The quantitative estimate of drug-likeness (QED) is 0.388. The summed E-state index contributed by atoms with van der Waals surface area (Å²) in [7, 11) is 0. The Labute approximate surface area is 205 Å². The number of hydrogen-bond acceptors (Lipinski definition) is 7. The van der Waals surface area contributed by atoms with Crippen molar-refractivity contribution in [3.8, 4) is 0 Å². The molecule has 4 rings (SSSR count). The first-order valence-electron chi connectivity index (χ1n) is 11.7. The molecule has 1 fully saturated rings. The van der Waals surface area contributed by atoms with Gasteiger partial charge in [-0.15, -0.1) is 0 Å². The molecule has 1 aliphatic heterocycles. The molecule has 3 N–H and O–H groups in total. The second-order valence-corrected chi connectivity index (χ2v) is 8.52. The number of ether oxygens (including phenoxy) is 4. The summed E-state index contributed by atoms with van der Waals surface area (Å²) in [5.41, 5.74) is 2.80. The minimum absolute atomic E-state index is 0.232. The Morgan fingerprint density at radius 1 is 0.629 bits per heavy atom. The van der Waals surface area contributed by atoms with Crippen molar-refractivity contribution in [2.45, 2.75) is 56.6 Å². The Bertz CT molecular complexity index is 986. The van der Waals surface area contributed by atoms with Crippen molar-refractivity contribution in [1.82, 2.24) is 0 Å². The minimum Gasteiger partial charge on any atom is -0.394 e. The summed E-state index contributed by atoms with van der Waals surface area (Å²) in [4.78, 5) is 0. The fourth-order valence-corrected chi connectivity index (χ4v) is 4.12. The number of rotatable bonds is 11. The highest BCUT2D eigenvalue weighted by molar-refractivity contribution is 5.15. The van der Waals surface area contributed by atoms with Crippen LogP contribution in [0.15, 0.2) is 91.0 Å². The van der Waals surface area contributed by atoms with Crippen molar-refractivity contribution in [1.29, 1.82) is 0 Å². The van der Waals surface area contributed by atoms with Crippen LogP contribution < -0.4 is 0 Å². The Morgan fingerprint density at radius 2 is 1.03 bits per heavy atom. The Balaban J connectivity index is 1.58. The zero-order chi connectivity index (χ0) is 24.5. The van der Waals surface area contributed by atoms with Crippen molar-refractivity contribution in [3.63, 3.8) is 0 Å². The van der Waals surface area contributed by atoms with Crippen LogP contribution in [0.3, 0.4) is 0 Å². The highest BCUT2D eigenvalue weighted by Crippen LogP contribution is 2.31. The van der Waals surface area contributed by atoms with Crippen LogP contribution in [-0.4, -0.2) is 58.7 Å². The summed E-state index contributed by atoms with van der Waals surface area (Å²) in [5.74, 6) is 0. The molecule has 3 aromatic rings. The van der Waals surface area contributed by atoms with E-state index in [0.717, 1.165) is 16.7 Å². The van der Waals surface area contributed by atoms with Gasteiger partial charge < -0.3 is 34.3 Å². The average Bonchev–Trinajstić information content (AvgIpc) is 2.91. The molecular formula is C28H32O7. The van der Waals surface area contributed by atoms with Crippen LogP contribution >= 0.6 is 0 Å². The van der Waals surface area contributed by atoms with Crippen LogP contribution in [0.5, 0.6) is 0 Å². The molecule has 7 heteroatoms. The third kappa shape index (κ3) is 6.96. The van der Waals surface area contributed by atoms with E-state index in [1.807, 2.05) is 91.0 Å². The highest BCUT2D eigenvalue weighted by atomic mass is 16.7. The number of aliphatic hydroxyl groups excluding tert-OH is 3. The van der Waals surface area contributed by atoms with E-state index in [4.69, 9.17) is 18.9 Å². The van der Waals surface area contributed by atoms with Crippen molar-refractivity contribution in [2.75, 3.05) is 6.61 Å². The topological polar surface area (TPSA) is 97.6 Å². The van der Waals surface area contributed by atoms with Gasteiger partial charge in [0.25, 0.3) is 0 Å². The van der Waals surface area contributed by atoms with Gasteiger partial charge >= 0.3 is 0 Å². The lowest BCUT2D eigenvalue weighted by Crippen LogP contribution is -2.63. The summed E-state index contributed by atoms with van der Waals surface area (Å²) in [6.45, 7) is 0.159. The SMILES string of the molecule is OCC(O)[C@H]1O[C@H](O)[C@H](OCc2ccccc2)[C@@H](OCc2ccccc2)[C@@H]1OCc1ccccc1. The van der Waals surface area contributed by atoms with E-state index in [0.29, 0.717) is 0 Å². The van der Waals surface area contributed by atoms with E-state index >= 15 is 0 Å². The second-order valence-electron chi connectivity index (χ2n) is 8.52. The van der Waals surface area contributed by atoms with Crippen LogP contribution in [0.4, 0.5) is 0 Å². The highest BCUT2D eigenvalue weighted by Gasteiger charge is 2.50. The predicted octanol–water partition coefficient (Wildman–Crippen LogP) is 2.81. The van der Waals surface area contributed by atoms with Crippen LogP contribution in [0.1, 0.15) is 16.7 Å². The van der Waals surface area contributed by atoms with Crippen LogP contribution in [0.25, 0.3) is 0 Å². The maximum absolute atomic E-state index is 10.9. The van der Waals surface area contributed by atoms with Gasteiger partial charge in [-0.2, -0.15) is 0 Å². The number of hydrogen-bond donors (Lipinski definition) is 3. The van der Waals surface area contributed by atoms with Gasteiger partial charge in [-0.3, -0.25) is 0 Å². The van der Waals surface area contributed by atoms with Crippen molar-refractivity contribution in [2.24, 2.45) is 0 Å². The predicted molar refractivity (Wildman–Crippen MR) is 129 cm³/mol. The first-order chi connectivity index (χ1) is 17.2. The Morgan fingerprint density at radius 3 is 1.46 bits per heavy atom. The molecule has 0 aromatic heterocycles. The zero-order valence-corrected chi connectivity index (χ0v) is 19.4. The summed E-state index contributed by atoms with van der Waals surface area (Å²) >= 11 is 0. The van der Waals surface area contributed by atoms with E-state index in [1.165, 1.54) is 0 Å². The largest absolute Gasteiger partial charge is 0.394 e. The van der Waals surface area contributed by atoms with E-state index in [9.17, 15) is 15.3 Å². The molecule has 6 atom stereocenters. The fourth-order valence-electron chi connectivity index (χ4n) is 4.12. The zero-order valence-electron chi connectivity index (χ0n) is 19.4. The second kappa shape index (κ2) is 12.9. The van der Waals surface area contributed by atoms with Gasteiger partial charge in [-0.25, -0.2) is 0 Å². The fraction of sp³-hybridized carbons (Fsp3) is 0.357. The molecule has 7 nitrogen and oxygen atoms in total. The first-order valence-corrected chi connectivity index (χ1v) is 11.7. The molecular weight excluding hydrogens is 448 g/mol. The Hall–Kier alpha value is -2.62. The van der Waals surface area contributed by atoms with Crippen LogP contribution in [0.2, 0.25) is 0 Å². The molecule has 0 bridgehead atoms. The monoisotopic (exact) mass is 480 g/mol. The molecule has 0 saturated carbocycles. The van der Waals surface area contributed by atoms with Gasteiger partial charge in [-0.05, 0) is 16.7 Å². The molecule has 186 valence electrons. The van der Waals surface area contributed by atoms with Gasteiger partial charge in [0.05, 0.1) is 26.4 Å². The summed E-state index contributed by atoms with van der Waals surface area (Å²) < 4.78 is 24.3. The standard InChI is InChI=1S/C28H32O7/c29-16-23(30)24-25(32-17-20-10-4-1-5-11-20)26(33-18-21-12-6-2-7-13-21)27(28(31)35-24)34-19-22-14-8-3-9-15-22/h1-15,23-31H,16-19H2/t23?,24-,25-,26+,27-,28+/m1/s1. The normalized spacial score (nSPS) is 25.3. The maximum atomic E-state index is 10.9. The van der Waals surface area contributed by atoms with E-state index in [-0.39, 0.29) is 19.8 Å². The molecule has 0 radical (unpaired) electrons. The van der Waals surface area contributed by atoms with Gasteiger partial charge in [0.1, 0.15) is 30.5 Å². The average molecular weight is 481 g/mol. The first kappa shape index (κ1) is 25.5. The molecule has 1 unspecified atom stereocenters. The minimum atomic E-state index is -1.39. The molecule has 1 aliphatic rings. The lowest BCUT2D eigenvalue weighted by atomic mass is 9.94. The Kier molecular flexibility index (Phi) is 9.39. The number of benzene rings is 3. The lowest BCUT2D eigenvalue weighted by Gasteiger charge is -2.45. The molecule has 0 spiro atoms. The molecule has 0 amide bonds. The molecule has 1 heterocycles. The van der Waals surface area contributed by atoms with Gasteiger partial charge in [0.2, 0.25) is 0 Å². The maximum Gasteiger partial charge on any atom is 0.184 e. The van der Waals surface area contributed by atoms with Crippen LogP contribution in [-0.2, 0) is 38.8 Å². The van der Waals surface area contributed by atoms with Gasteiger partial charge in [0.15, 0.2) is 6.29 Å². The van der Waals surface area contributed by atoms with Crippen molar-refractivity contribution >= 4 is 0 Å².